The first-order valence-corrected chi connectivity index (χ1v) is 4.54. The maximum Gasteiger partial charge on any atom is 0.253 e. The molecule has 3 nitrogen and oxygen atoms in total. The highest BCUT2D eigenvalue weighted by Crippen LogP contribution is 2.18. The fraction of sp³-hybridized carbons (Fsp3) is 0.111. The Labute approximate surface area is 89.5 Å². The van der Waals surface area contributed by atoms with E-state index in [1.54, 1.807) is 0 Å². The van der Waals surface area contributed by atoms with Crippen LogP contribution >= 0.6 is 12.2 Å². The summed E-state index contributed by atoms with van der Waals surface area (Å²) in [6.45, 7) is 0. The molecule has 1 heterocycles. The summed E-state index contributed by atoms with van der Waals surface area (Å²) < 4.78 is 25.7. The molecule has 0 spiro atoms. The number of halogens is 2. The average Bonchev–Trinajstić information content (AvgIpc) is 2.43. The topological polar surface area (TPSA) is 41.1 Å². The summed E-state index contributed by atoms with van der Waals surface area (Å²) in [4.78, 5) is 11.3. The summed E-state index contributed by atoms with van der Waals surface area (Å²) in [6.07, 6.45) is 0. The van der Waals surface area contributed by atoms with Gasteiger partial charge in [-0.15, -0.1) is 0 Å². The summed E-state index contributed by atoms with van der Waals surface area (Å²) in [5.74, 6) is -1.86. The third-order valence-electron chi connectivity index (χ3n) is 1.99. The Hall–Kier alpha value is -1.56. The Bertz CT molecular complexity index is 429. The van der Waals surface area contributed by atoms with Gasteiger partial charge in [-0.1, -0.05) is 0 Å². The predicted octanol–water partition coefficient (Wildman–Crippen LogP) is 1.01. The molecule has 0 radical (unpaired) electrons. The molecule has 2 N–H and O–H groups in total. The van der Waals surface area contributed by atoms with Crippen LogP contribution in [0.15, 0.2) is 18.2 Å². The molecule has 0 aliphatic carbocycles. The van der Waals surface area contributed by atoms with Gasteiger partial charge in [-0.2, -0.15) is 0 Å². The Balaban J connectivity index is 2.37. The minimum atomic E-state index is -0.817. The van der Waals surface area contributed by atoms with E-state index < -0.39 is 23.6 Å². The summed E-state index contributed by atoms with van der Waals surface area (Å²) in [5.41, 5.74) is 0.213. The molecule has 2 rings (SSSR count). The lowest BCUT2D eigenvalue weighted by molar-refractivity contribution is -0.120. The molecule has 0 bridgehead atoms. The van der Waals surface area contributed by atoms with Crippen molar-refractivity contribution in [2.24, 2.45) is 0 Å². The zero-order valence-corrected chi connectivity index (χ0v) is 8.20. The van der Waals surface area contributed by atoms with E-state index in [1.807, 2.05) is 0 Å². The van der Waals surface area contributed by atoms with E-state index in [1.165, 1.54) is 0 Å². The minimum absolute atomic E-state index is 0.162. The van der Waals surface area contributed by atoms with Crippen LogP contribution in [0.5, 0.6) is 0 Å². The summed E-state index contributed by atoms with van der Waals surface area (Å²) in [6, 6.07) is 2.11. The average molecular weight is 228 g/mol. The number of carbonyl (C=O) groups is 1. The van der Waals surface area contributed by atoms with Crippen LogP contribution in [0.4, 0.5) is 8.78 Å². The van der Waals surface area contributed by atoms with Crippen molar-refractivity contribution >= 4 is 23.2 Å². The molecule has 1 aromatic carbocycles. The molecule has 15 heavy (non-hydrogen) atoms. The van der Waals surface area contributed by atoms with Crippen molar-refractivity contribution in [3.05, 3.63) is 35.4 Å². The molecule has 1 aromatic rings. The van der Waals surface area contributed by atoms with Gasteiger partial charge in [0, 0.05) is 6.07 Å². The van der Waals surface area contributed by atoms with E-state index in [-0.39, 0.29) is 10.7 Å². The second-order valence-electron chi connectivity index (χ2n) is 3.10. The maximum absolute atomic E-state index is 12.9. The molecule has 0 saturated carbocycles. The van der Waals surface area contributed by atoms with Crippen LogP contribution in [0.1, 0.15) is 11.6 Å². The number of carbonyl (C=O) groups excluding carboxylic acids is 1. The summed E-state index contributed by atoms with van der Waals surface area (Å²) >= 11 is 4.71. The highest BCUT2D eigenvalue weighted by Gasteiger charge is 2.29. The fourth-order valence-electron chi connectivity index (χ4n) is 1.39. The molecule has 0 aromatic heterocycles. The van der Waals surface area contributed by atoms with Gasteiger partial charge in [-0.3, -0.25) is 4.79 Å². The molecule has 1 aliphatic heterocycles. The maximum atomic E-state index is 12.9. The van der Waals surface area contributed by atoms with Crippen LogP contribution < -0.4 is 10.6 Å². The molecule has 1 fully saturated rings. The van der Waals surface area contributed by atoms with Gasteiger partial charge in [-0.05, 0) is 29.9 Å². The highest BCUT2D eigenvalue weighted by molar-refractivity contribution is 7.80. The number of amides is 1. The van der Waals surface area contributed by atoms with E-state index in [4.69, 9.17) is 12.2 Å². The standard InChI is InChI=1S/C9H6F2N2OS/c10-5-1-4(2-6(11)3-5)7-8(14)13-9(15)12-7/h1-3,7H,(H2,12,13,14,15). The van der Waals surface area contributed by atoms with Gasteiger partial charge in [0.2, 0.25) is 0 Å². The highest BCUT2D eigenvalue weighted by atomic mass is 32.1. The Morgan fingerprint density at radius 2 is 1.80 bits per heavy atom. The number of benzene rings is 1. The lowest BCUT2D eigenvalue weighted by Crippen LogP contribution is -2.21. The molecule has 1 unspecified atom stereocenters. The summed E-state index contributed by atoms with van der Waals surface area (Å²) in [5, 5.41) is 5.11. The second-order valence-corrected chi connectivity index (χ2v) is 3.51. The Kier molecular flexibility index (Phi) is 2.36. The van der Waals surface area contributed by atoms with Crippen molar-refractivity contribution in [1.29, 1.82) is 0 Å². The number of rotatable bonds is 1. The van der Waals surface area contributed by atoms with Crippen molar-refractivity contribution in [3.8, 4) is 0 Å². The predicted molar refractivity (Wildman–Crippen MR) is 53.0 cm³/mol. The molecular weight excluding hydrogens is 222 g/mol. The van der Waals surface area contributed by atoms with Crippen LogP contribution in [0.3, 0.4) is 0 Å². The van der Waals surface area contributed by atoms with Gasteiger partial charge in [-0.25, -0.2) is 8.78 Å². The van der Waals surface area contributed by atoms with E-state index in [0.717, 1.165) is 18.2 Å². The number of hydrogen-bond acceptors (Lipinski definition) is 2. The van der Waals surface area contributed by atoms with Crippen molar-refractivity contribution in [1.82, 2.24) is 10.6 Å². The van der Waals surface area contributed by atoms with E-state index >= 15 is 0 Å². The van der Waals surface area contributed by atoms with E-state index in [9.17, 15) is 13.6 Å². The first kappa shape index (κ1) is 9.97. The van der Waals surface area contributed by atoms with Crippen LogP contribution in [-0.2, 0) is 4.79 Å². The van der Waals surface area contributed by atoms with Gasteiger partial charge in [0.05, 0.1) is 0 Å². The van der Waals surface area contributed by atoms with E-state index in [0.29, 0.717) is 0 Å². The molecule has 78 valence electrons. The molecule has 1 saturated heterocycles. The van der Waals surface area contributed by atoms with Gasteiger partial charge in [0.1, 0.15) is 17.7 Å². The van der Waals surface area contributed by atoms with Gasteiger partial charge in [0.25, 0.3) is 5.91 Å². The molecule has 6 heteroatoms. The number of nitrogens with one attached hydrogen (secondary N) is 2. The zero-order chi connectivity index (χ0) is 11.0. The van der Waals surface area contributed by atoms with Gasteiger partial charge < -0.3 is 10.6 Å². The van der Waals surface area contributed by atoms with E-state index in [2.05, 4.69) is 10.6 Å². The molecular formula is C9H6F2N2OS. The first-order valence-electron chi connectivity index (χ1n) is 4.13. The lowest BCUT2D eigenvalue weighted by Gasteiger charge is -2.07. The minimum Gasteiger partial charge on any atom is -0.347 e. The monoisotopic (exact) mass is 228 g/mol. The zero-order valence-electron chi connectivity index (χ0n) is 7.38. The molecule has 1 amide bonds. The largest absolute Gasteiger partial charge is 0.347 e. The number of thiocarbonyl (C=S) groups is 1. The SMILES string of the molecule is O=C1NC(=S)NC1c1cc(F)cc(F)c1. The van der Waals surface area contributed by atoms with Crippen molar-refractivity contribution in [2.75, 3.05) is 0 Å². The normalized spacial score (nSPS) is 20.0. The third kappa shape index (κ3) is 1.94. The smallest absolute Gasteiger partial charge is 0.253 e. The van der Waals surface area contributed by atoms with Crippen molar-refractivity contribution in [3.63, 3.8) is 0 Å². The van der Waals surface area contributed by atoms with Crippen molar-refractivity contribution < 1.29 is 13.6 Å². The lowest BCUT2D eigenvalue weighted by atomic mass is 10.1. The second kappa shape index (κ2) is 3.54. The van der Waals surface area contributed by atoms with Gasteiger partial charge >= 0.3 is 0 Å². The van der Waals surface area contributed by atoms with Gasteiger partial charge in [0.15, 0.2) is 5.11 Å². The molecule has 1 atom stereocenters. The molecule has 1 aliphatic rings. The first-order chi connectivity index (χ1) is 7.06. The van der Waals surface area contributed by atoms with Crippen LogP contribution in [0.2, 0.25) is 0 Å². The van der Waals surface area contributed by atoms with Crippen molar-refractivity contribution in [2.45, 2.75) is 6.04 Å². The quantitative estimate of drug-likeness (QED) is 0.705. The Morgan fingerprint density at radius 1 is 1.20 bits per heavy atom. The fourth-order valence-corrected chi connectivity index (χ4v) is 1.61. The van der Waals surface area contributed by atoms with Crippen LogP contribution in [0, 0.1) is 11.6 Å². The third-order valence-corrected chi connectivity index (χ3v) is 2.21. The summed E-state index contributed by atoms with van der Waals surface area (Å²) in [7, 11) is 0. The number of hydrogen-bond donors (Lipinski definition) is 2. The Morgan fingerprint density at radius 3 is 2.27 bits per heavy atom. The van der Waals surface area contributed by atoms with Crippen LogP contribution in [0.25, 0.3) is 0 Å². The van der Waals surface area contributed by atoms with Crippen LogP contribution in [-0.4, -0.2) is 11.0 Å².